The summed E-state index contributed by atoms with van der Waals surface area (Å²) in [5.41, 5.74) is 2.54. The van der Waals surface area contributed by atoms with Crippen LogP contribution in [0.25, 0.3) is 0 Å². The Morgan fingerprint density at radius 3 is 3.05 bits per heavy atom. The molecule has 2 atom stereocenters. The zero-order valence-corrected chi connectivity index (χ0v) is 12.5. The van der Waals surface area contributed by atoms with Gasteiger partial charge in [-0.25, -0.2) is 0 Å². The summed E-state index contributed by atoms with van der Waals surface area (Å²) in [6.07, 6.45) is 1.87. The molecule has 3 rings (SSSR count). The zero-order valence-electron chi connectivity index (χ0n) is 12.5. The molecule has 0 aromatic heterocycles. The number of rotatable bonds is 4. The SMILES string of the molecule is CCOc1ccc2c(c1)CCN1C[C@@H](CCF)C(=O)C[C@H]21. The molecule has 2 heterocycles. The molecule has 0 radical (unpaired) electrons. The molecule has 2 aliphatic rings. The van der Waals surface area contributed by atoms with Crippen LogP contribution in [0.2, 0.25) is 0 Å². The van der Waals surface area contributed by atoms with Gasteiger partial charge in [0.15, 0.2) is 0 Å². The van der Waals surface area contributed by atoms with Crippen LogP contribution in [0.15, 0.2) is 18.2 Å². The third kappa shape index (κ3) is 2.82. The van der Waals surface area contributed by atoms with Crippen LogP contribution in [0.3, 0.4) is 0 Å². The summed E-state index contributed by atoms with van der Waals surface area (Å²) >= 11 is 0. The van der Waals surface area contributed by atoms with Gasteiger partial charge in [-0.05, 0) is 43.0 Å². The minimum absolute atomic E-state index is 0.115. The lowest BCUT2D eigenvalue weighted by molar-refractivity contribution is -0.129. The van der Waals surface area contributed by atoms with Crippen LogP contribution in [-0.2, 0) is 11.2 Å². The predicted molar refractivity (Wildman–Crippen MR) is 79.3 cm³/mol. The fraction of sp³-hybridized carbons (Fsp3) is 0.588. The Balaban J connectivity index is 1.82. The van der Waals surface area contributed by atoms with Crippen molar-refractivity contribution in [2.45, 2.75) is 32.2 Å². The molecule has 21 heavy (non-hydrogen) atoms. The molecular formula is C17H22FNO2. The standard InChI is InChI=1S/C17H22FNO2/c1-2-21-14-3-4-15-12(9-14)6-8-19-11-13(5-7-18)17(20)10-16(15)19/h3-4,9,13,16H,2,5-8,10-11H2,1H3/t13-,16-/m1/s1. The zero-order chi connectivity index (χ0) is 14.8. The third-order valence-corrected chi connectivity index (χ3v) is 4.66. The highest BCUT2D eigenvalue weighted by Gasteiger charge is 2.37. The van der Waals surface area contributed by atoms with Gasteiger partial charge in [-0.3, -0.25) is 14.1 Å². The van der Waals surface area contributed by atoms with E-state index in [1.54, 1.807) is 0 Å². The second-order valence-corrected chi connectivity index (χ2v) is 5.90. The minimum atomic E-state index is -0.400. The van der Waals surface area contributed by atoms with E-state index in [1.165, 1.54) is 11.1 Å². The highest BCUT2D eigenvalue weighted by Crippen LogP contribution is 2.38. The van der Waals surface area contributed by atoms with Gasteiger partial charge in [0.1, 0.15) is 11.5 Å². The third-order valence-electron chi connectivity index (χ3n) is 4.66. The molecule has 0 bridgehead atoms. The van der Waals surface area contributed by atoms with E-state index in [0.717, 1.165) is 18.7 Å². The van der Waals surface area contributed by atoms with Gasteiger partial charge in [0.05, 0.1) is 13.3 Å². The minimum Gasteiger partial charge on any atom is -0.494 e. The molecule has 1 saturated heterocycles. The largest absolute Gasteiger partial charge is 0.494 e. The normalized spacial score (nSPS) is 25.3. The van der Waals surface area contributed by atoms with Crippen molar-refractivity contribution < 1.29 is 13.9 Å². The molecule has 3 nitrogen and oxygen atoms in total. The first-order valence-electron chi connectivity index (χ1n) is 7.81. The van der Waals surface area contributed by atoms with Gasteiger partial charge in [0.2, 0.25) is 0 Å². The van der Waals surface area contributed by atoms with Crippen LogP contribution >= 0.6 is 0 Å². The van der Waals surface area contributed by atoms with Gasteiger partial charge >= 0.3 is 0 Å². The summed E-state index contributed by atoms with van der Waals surface area (Å²) in [5, 5.41) is 0. The number of benzene rings is 1. The number of Topliss-reactive ketones (excluding diaryl/α,β-unsaturated/α-hetero) is 1. The monoisotopic (exact) mass is 291 g/mol. The first-order chi connectivity index (χ1) is 10.2. The van der Waals surface area contributed by atoms with Gasteiger partial charge in [-0.15, -0.1) is 0 Å². The van der Waals surface area contributed by atoms with Crippen LogP contribution in [0.1, 0.15) is 36.9 Å². The predicted octanol–water partition coefficient (Wildman–Crippen LogP) is 2.93. The van der Waals surface area contributed by atoms with Gasteiger partial charge in [0.25, 0.3) is 0 Å². The highest BCUT2D eigenvalue weighted by molar-refractivity contribution is 5.83. The van der Waals surface area contributed by atoms with E-state index >= 15 is 0 Å². The average Bonchev–Trinajstić information content (AvgIpc) is 2.48. The van der Waals surface area contributed by atoms with Crippen LogP contribution in [-0.4, -0.2) is 37.1 Å². The van der Waals surface area contributed by atoms with E-state index in [2.05, 4.69) is 17.0 Å². The van der Waals surface area contributed by atoms with Gasteiger partial charge in [-0.2, -0.15) is 0 Å². The molecule has 1 aromatic carbocycles. The Labute approximate surface area is 125 Å². The van der Waals surface area contributed by atoms with Crippen molar-refractivity contribution in [3.63, 3.8) is 0 Å². The van der Waals surface area contributed by atoms with Crippen molar-refractivity contribution in [3.8, 4) is 5.75 Å². The fourth-order valence-electron chi connectivity index (χ4n) is 3.58. The number of fused-ring (bicyclic) bond motifs is 3. The van der Waals surface area contributed by atoms with E-state index in [4.69, 9.17) is 4.74 Å². The molecule has 0 unspecified atom stereocenters. The highest BCUT2D eigenvalue weighted by atomic mass is 19.1. The number of carbonyl (C=O) groups is 1. The summed E-state index contributed by atoms with van der Waals surface area (Å²) in [4.78, 5) is 14.6. The molecule has 0 N–H and O–H groups in total. The summed E-state index contributed by atoms with van der Waals surface area (Å²) in [6, 6.07) is 6.37. The Morgan fingerprint density at radius 1 is 1.43 bits per heavy atom. The van der Waals surface area contributed by atoms with E-state index in [0.29, 0.717) is 26.0 Å². The van der Waals surface area contributed by atoms with Crippen molar-refractivity contribution in [3.05, 3.63) is 29.3 Å². The lowest BCUT2D eigenvalue weighted by atomic mass is 9.82. The molecular weight excluding hydrogens is 269 g/mol. The molecule has 0 aliphatic carbocycles. The quantitative estimate of drug-likeness (QED) is 0.854. The molecule has 1 fully saturated rings. The number of hydrogen-bond acceptors (Lipinski definition) is 3. The number of halogens is 1. The number of piperidine rings is 1. The van der Waals surface area contributed by atoms with Crippen LogP contribution in [0.4, 0.5) is 4.39 Å². The fourth-order valence-corrected chi connectivity index (χ4v) is 3.58. The lowest BCUT2D eigenvalue weighted by Crippen LogP contribution is -2.46. The second-order valence-electron chi connectivity index (χ2n) is 5.90. The van der Waals surface area contributed by atoms with Gasteiger partial charge < -0.3 is 4.74 Å². The van der Waals surface area contributed by atoms with Crippen molar-refractivity contribution in [2.75, 3.05) is 26.4 Å². The number of nitrogens with zero attached hydrogens (tertiary/aromatic N) is 1. The number of carbonyl (C=O) groups excluding carboxylic acids is 1. The van der Waals surface area contributed by atoms with Crippen molar-refractivity contribution in [1.82, 2.24) is 4.90 Å². The molecule has 114 valence electrons. The molecule has 0 spiro atoms. The maximum atomic E-state index is 12.5. The summed E-state index contributed by atoms with van der Waals surface area (Å²) in [5.74, 6) is 1.01. The number of alkyl halides is 1. The number of ketones is 1. The summed E-state index contributed by atoms with van der Waals surface area (Å²) in [7, 11) is 0. The van der Waals surface area contributed by atoms with Crippen LogP contribution in [0, 0.1) is 5.92 Å². The Morgan fingerprint density at radius 2 is 2.29 bits per heavy atom. The maximum Gasteiger partial charge on any atom is 0.139 e. The van der Waals surface area contributed by atoms with E-state index < -0.39 is 6.67 Å². The topological polar surface area (TPSA) is 29.5 Å². The first kappa shape index (κ1) is 14.5. The van der Waals surface area contributed by atoms with Crippen molar-refractivity contribution in [1.29, 1.82) is 0 Å². The van der Waals surface area contributed by atoms with E-state index in [-0.39, 0.29) is 17.7 Å². The smallest absolute Gasteiger partial charge is 0.139 e. The Kier molecular flexibility index (Phi) is 4.24. The maximum absolute atomic E-state index is 12.5. The number of hydrogen-bond donors (Lipinski definition) is 0. The lowest BCUT2D eigenvalue weighted by Gasteiger charge is -2.42. The number of ether oxygens (including phenoxy) is 1. The van der Waals surface area contributed by atoms with Crippen LogP contribution in [0.5, 0.6) is 5.75 Å². The van der Waals surface area contributed by atoms with E-state index in [1.807, 2.05) is 13.0 Å². The van der Waals surface area contributed by atoms with Crippen molar-refractivity contribution in [2.24, 2.45) is 5.92 Å². The molecule has 1 aromatic rings. The Bertz CT molecular complexity index is 532. The molecule has 4 heteroatoms. The van der Waals surface area contributed by atoms with Crippen molar-refractivity contribution >= 4 is 5.78 Å². The van der Waals surface area contributed by atoms with E-state index in [9.17, 15) is 9.18 Å². The molecule has 0 amide bonds. The molecule has 0 saturated carbocycles. The van der Waals surface area contributed by atoms with Crippen LogP contribution < -0.4 is 4.74 Å². The molecule has 2 aliphatic heterocycles. The Hall–Kier alpha value is -1.42. The van der Waals surface area contributed by atoms with Gasteiger partial charge in [0, 0.05) is 31.5 Å². The summed E-state index contributed by atoms with van der Waals surface area (Å²) in [6.45, 7) is 3.90. The van der Waals surface area contributed by atoms with Gasteiger partial charge in [-0.1, -0.05) is 6.07 Å². The summed E-state index contributed by atoms with van der Waals surface area (Å²) < 4.78 is 18.1. The second kappa shape index (κ2) is 6.14. The average molecular weight is 291 g/mol. The first-order valence-corrected chi connectivity index (χ1v) is 7.81.